The van der Waals surface area contributed by atoms with Crippen LogP contribution in [0.1, 0.15) is 25.3 Å². The maximum atomic E-state index is 6.15. The Morgan fingerprint density at radius 1 is 1.32 bits per heavy atom. The largest absolute Gasteiger partial charge is 0.342 e. The predicted molar refractivity (Wildman–Crippen MR) is 76.0 cm³/mol. The smallest absolute Gasteiger partial charge is 0.245 e. The summed E-state index contributed by atoms with van der Waals surface area (Å²) >= 11 is 6.15. The molecule has 1 aromatic carbocycles. The van der Waals surface area contributed by atoms with Crippen molar-refractivity contribution in [1.82, 2.24) is 4.57 Å². The van der Waals surface area contributed by atoms with Crippen molar-refractivity contribution in [2.75, 3.05) is 6.61 Å². The van der Waals surface area contributed by atoms with Crippen molar-refractivity contribution in [3.8, 4) is 0 Å². The van der Waals surface area contributed by atoms with Crippen molar-refractivity contribution in [3.05, 3.63) is 53.6 Å². The van der Waals surface area contributed by atoms with E-state index in [0.717, 1.165) is 36.6 Å². The fourth-order valence-corrected chi connectivity index (χ4v) is 2.04. The first-order valence-corrected chi connectivity index (χ1v) is 7.03. The van der Waals surface area contributed by atoms with E-state index in [1.54, 1.807) is 0 Å². The van der Waals surface area contributed by atoms with Crippen LogP contribution in [-0.2, 0) is 18.0 Å². The van der Waals surface area contributed by atoms with Gasteiger partial charge in [-0.1, -0.05) is 43.1 Å². The lowest BCUT2D eigenvalue weighted by molar-refractivity contribution is -0.688. The monoisotopic (exact) mass is 279 g/mol. The van der Waals surface area contributed by atoms with Gasteiger partial charge in [-0.15, -0.1) is 0 Å². The average molecular weight is 280 g/mol. The molecule has 0 atom stereocenters. The van der Waals surface area contributed by atoms with Crippen LogP contribution >= 0.6 is 11.6 Å². The van der Waals surface area contributed by atoms with Gasteiger partial charge < -0.3 is 4.74 Å². The Bertz CT molecular complexity index is 510. The zero-order valence-corrected chi connectivity index (χ0v) is 12.0. The summed E-state index contributed by atoms with van der Waals surface area (Å²) in [5, 5.41) is 0.807. The van der Waals surface area contributed by atoms with Gasteiger partial charge in [0.1, 0.15) is 18.9 Å². The molecule has 4 heteroatoms. The van der Waals surface area contributed by atoms with Gasteiger partial charge >= 0.3 is 0 Å². The van der Waals surface area contributed by atoms with Crippen LogP contribution in [0.4, 0.5) is 0 Å². The summed E-state index contributed by atoms with van der Waals surface area (Å²) in [4.78, 5) is 0. The molecule has 0 aliphatic heterocycles. The van der Waals surface area contributed by atoms with Crippen LogP contribution in [0.5, 0.6) is 0 Å². The number of imidazole rings is 1. The highest BCUT2D eigenvalue weighted by atomic mass is 35.5. The summed E-state index contributed by atoms with van der Waals surface area (Å²) in [6.45, 7) is 4.37. The van der Waals surface area contributed by atoms with Crippen LogP contribution < -0.4 is 4.57 Å². The van der Waals surface area contributed by atoms with E-state index in [4.69, 9.17) is 16.3 Å². The third kappa shape index (κ3) is 4.37. The second-order valence-electron chi connectivity index (χ2n) is 4.58. The molecule has 0 saturated heterocycles. The average Bonchev–Trinajstić information content (AvgIpc) is 2.85. The summed E-state index contributed by atoms with van der Waals surface area (Å²) in [5.41, 5.74) is 1.12. The first-order chi connectivity index (χ1) is 9.29. The van der Waals surface area contributed by atoms with Crippen molar-refractivity contribution in [2.45, 2.75) is 33.0 Å². The number of nitrogens with zero attached hydrogens (tertiary/aromatic N) is 2. The molecule has 2 aromatic rings. The number of aromatic nitrogens is 2. The van der Waals surface area contributed by atoms with Gasteiger partial charge in [0.15, 0.2) is 6.73 Å². The number of benzene rings is 1. The number of hydrogen-bond acceptors (Lipinski definition) is 1. The normalized spacial score (nSPS) is 10.8. The lowest BCUT2D eigenvalue weighted by Crippen LogP contribution is -2.31. The van der Waals surface area contributed by atoms with Gasteiger partial charge in [0.25, 0.3) is 0 Å². The quantitative estimate of drug-likeness (QED) is 0.562. The van der Waals surface area contributed by atoms with Crippen LogP contribution in [0.3, 0.4) is 0 Å². The van der Waals surface area contributed by atoms with Crippen LogP contribution in [0.25, 0.3) is 0 Å². The standard InChI is InChI=1S/C15H20ClN2O/c1-2-3-10-19-13-18-9-8-17(12-18)11-14-6-4-5-7-15(14)16/h4-9,12H,2-3,10-11,13H2,1H3/q+1. The summed E-state index contributed by atoms with van der Waals surface area (Å²) in [6, 6.07) is 7.92. The van der Waals surface area contributed by atoms with Gasteiger partial charge in [-0.25, -0.2) is 9.13 Å². The van der Waals surface area contributed by atoms with Crippen LogP contribution in [0.15, 0.2) is 43.0 Å². The minimum atomic E-state index is 0.607. The number of halogens is 1. The first-order valence-electron chi connectivity index (χ1n) is 6.65. The maximum Gasteiger partial charge on any atom is 0.245 e. The first kappa shape index (κ1) is 14.1. The van der Waals surface area contributed by atoms with E-state index in [0.29, 0.717) is 6.73 Å². The van der Waals surface area contributed by atoms with Crippen LogP contribution in [0.2, 0.25) is 5.02 Å². The highest BCUT2D eigenvalue weighted by Gasteiger charge is 2.06. The molecule has 0 N–H and O–H groups in total. The van der Waals surface area contributed by atoms with E-state index in [1.807, 2.05) is 47.6 Å². The van der Waals surface area contributed by atoms with Gasteiger partial charge in [0.2, 0.25) is 6.33 Å². The van der Waals surface area contributed by atoms with Crippen molar-refractivity contribution in [2.24, 2.45) is 0 Å². The molecule has 0 amide bonds. The number of unbranched alkanes of at least 4 members (excludes halogenated alkanes) is 1. The Morgan fingerprint density at radius 3 is 2.95 bits per heavy atom. The summed E-state index contributed by atoms with van der Waals surface area (Å²) in [5.74, 6) is 0. The lowest BCUT2D eigenvalue weighted by Gasteiger charge is -2.01. The molecular weight excluding hydrogens is 260 g/mol. The molecule has 0 bridgehead atoms. The maximum absolute atomic E-state index is 6.15. The summed E-state index contributed by atoms with van der Waals surface area (Å²) < 4.78 is 9.71. The topological polar surface area (TPSA) is 18.0 Å². The molecule has 102 valence electrons. The van der Waals surface area contributed by atoms with E-state index < -0.39 is 0 Å². The summed E-state index contributed by atoms with van der Waals surface area (Å²) in [6.07, 6.45) is 8.36. The molecule has 0 fully saturated rings. The van der Waals surface area contributed by atoms with Crippen molar-refractivity contribution >= 4 is 11.6 Å². The molecular formula is C15H20ClN2O+. The van der Waals surface area contributed by atoms with Crippen molar-refractivity contribution in [3.63, 3.8) is 0 Å². The highest BCUT2D eigenvalue weighted by molar-refractivity contribution is 6.31. The summed E-state index contributed by atoms with van der Waals surface area (Å²) in [7, 11) is 0. The molecule has 0 aliphatic rings. The Hall–Kier alpha value is -1.32. The Kier molecular flexibility index (Phi) is 5.43. The molecule has 0 aliphatic carbocycles. The van der Waals surface area contributed by atoms with E-state index in [1.165, 1.54) is 0 Å². The number of ether oxygens (including phenoxy) is 1. The minimum absolute atomic E-state index is 0.607. The third-order valence-corrected chi connectivity index (χ3v) is 3.31. The van der Waals surface area contributed by atoms with Crippen molar-refractivity contribution < 1.29 is 9.30 Å². The minimum Gasteiger partial charge on any atom is -0.342 e. The van der Waals surface area contributed by atoms with Gasteiger partial charge in [-0.05, 0) is 12.5 Å². The molecule has 0 spiro atoms. The SMILES string of the molecule is CCCCOCn1cc[n+](Cc2ccccc2Cl)c1. The Labute approximate surface area is 119 Å². The van der Waals surface area contributed by atoms with E-state index in [2.05, 4.69) is 11.5 Å². The fraction of sp³-hybridized carbons (Fsp3) is 0.400. The van der Waals surface area contributed by atoms with Gasteiger partial charge in [0, 0.05) is 10.6 Å². The molecule has 0 saturated carbocycles. The molecule has 1 heterocycles. The number of rotatable bonds is 7. The molecule has 1 aromatic heterocycles. The molecule has 2 rings (SSSR count). The van der Waals surface area contributed by atoms with E-state index in [9.17, 15) is 0 Å². The Morgan fingerprint density at radius 2 is 2.16 bits per heavy atom. The van der Waals surface area contributed by atoms with E-state index in [-0.39, 0.29) is 0 Å². The van der Waals surface area contributed by atoms with Crippen molar-refractivity contribution in [1.29, 1.82) is 0 Å². The molecule has 19 heavy (non-hydrogen) atoms. The van der Waals surface area contributed by atoms with Gasteiger partial charge in [-0.2, -0.15) is 0 Å². The van der Waals surface area contributed by atoms with Gasteiger partial charge in [-0.3, -0.25) is 0 Å². The second kappa shape index (κ2) is 7.31. The number of hydrogen-bond donors (Lipinski definition) is 0. The molecule has 0 unspecified atom stereocenters. The zero-order valence-electron chi connectivity index (χ0n) is 11.3. The zero-order chi connectivity index (χ0) is 13.5. The fourth-order valence-electron chi connectivity index (χ4n) is 1.85. The second-order valence-corrected chi connectivity index (χ2v) is 4.99. The molecule has 3 nitrogen and oxygen atoms in total. The lowest BCUT2D eigenvalue weighted by atomic mass is 10.2. The molecule has 0 radical (unpaired) electrons. The Balaban J connectivity index is 1.89. The third-order valence-electron chi connectivity index (χ3n) is 2.94. The van der Waals surface area contributed by atoms with E-state index >= 15 is 0 Å². The van der Waals surface area contributed by atoms with Gasteiger partial charge in [0.05, 0.1) is 6.61 Å². The highest BCUT2D eigenvalue weighted by Crippen LogP contribution is 2.14. The predicted octanol–water partition coefficient (Wildman–Crippen LogP) is 3.25. The van der Waals surface area contributed by atoms with Crippen LogP contribution in [-0.4, -0.2) is 11.2 Å². The van der Waals surface area contributed by atoms with Crippen LogP contribution in [0, 0.1) is 0 Å².